The van der Waals surface area contributed by atoms with Crippen LogP contribution in [0.1, 0.15) is 16.1 Å². The minimum atomic E-state index is -0.118. The third-order valence-electron chi connectivity index (χ3n) is 3.94. The SMILES string of the molecule is Cc1c2c(=O)n(Cc3ccn(C)n3)ncc2n2cc(CO)sc12. The van der Waals surface area contributed by atoms with E-state index in [4.69, 9.17) is 0 Å². The molecule has 4 aromatic heterocycles. The maximum Gasteiger partial charge on any atom is 0.276 e. The van der Waals surface area contributed by atoms with Gasteiger partial charge in [0.05, 0.1) is 35.9 Å². The molecule has 0 aromatic carbocycles. The van der Waals surface area contributed by atoms with Crippen LogP contribution in [0, 0.1) is 6.92 Å². The van der Waals surface area contributed by atoms with Crippen molar-refractivity contribution in [3.63, 3.8) is 0 Å². The molecule has 4 heterocycles. The third-order valence-corrected chi connectivity index (χ3v) is 5.13. The number of fused-ring (bicyclic) bond motifs is 3. The molecule has 0 amide bonds. The normalized spacial score (nSPS) is 11.8. The van der Waals surface area contributed by atoms with Gasteiger partial charge < -0.3 is 9.51 Å². The smallest absolute Gasteiger partial charge is 0.276 e. The fourth-order valence-electron chi connectivity index (χ4n) is 2.85. The van der Waals surface area contributed by atoms with E-state index in [2.05, 4.69) is 10.2 Å². The quantitative estimate of drug-likeness (QED) is 0.614. The van der Waals surface area contributed by atoms with Crippen molar-refractivity contribution >= 4 is 27.1 Å². The molecule has 0 aliphatic carbocycles. The van der Waals surface area contributed by atoms with Crippen LogP contribution in [0.5, 0.6) is 0 Å². The molecule has 0 saturated carbocycles. The second-order valence-corrected chi connectivity index (χ2v) is 6.62. The zero-order valence-electron chi connectivity index (χ0n) is 12.7. The molecule has 0 unspecified atom stereocenters. The van der Waals surface area contributed by atoms with Crippen molar-refractivity contribution < 1.29 is 5.11 Å². The molecule has 23 heavy (non-hydrogen) atoms. The number of aliphatic hydroxyl groups is 1. The van der Waals surface area contributed by atoms with Gasteiger partial charge >= 0.3 is 0 Å². The van der Waals surface area contributed by atoms with Gasteiger partial charge in [-0.15, -0.1) is 11.3 Å². The summed E-state index contributed by atoms with van der Waals surface area (Å²) in [6.07, 6.45) is 5.40. The summed E-state index contributed by atoms with van der Waals surface area (Å²) in [5.41, 5.74) is 2.37. The summed E-state index contributed by atoms with van der Waals surface area (Å²) in [7, 11) is 1.84. The predicted molar refractivity (Wildman–Crippen MR) is 87.8 cm³/mol. The van der Waals surface area contributed by atoms with Crippen LogP contribution in [-0.2, 0) is 20.2 Å². The van der Waals surface area contributed by atoms with Crippen LogP contribution >= 0.6 is 11.3 Å². The third kappa shape index (κ3) is 2.10. The lowest BCUT2D eigenvalue weighted by Gasteiger charge is -2.02. The van der Waals surface area contributed by atoms with E-state index < -0.39 is 0 Å². The fourth-order valence-corrected chi connectivity index (χ4v) is 3.82. The summed E-state index contributed by atoms with van der Waals surface area (Å²) in [4.78, 5) is 14.6. The Bertz CT molecular complexity index is 1080. The van der Waals surface area contributed by atoms with Gasteiger partial charge in [-0.25, -0.2) is 4.68 Å². The predicted octanol–water partition coefficient (Wildman–Crippen LogP) is 1.29. The van der Waals surface area contributed by atoms with Gasteiger partial charge in [0, 0.05) is 24.3 Å². The molecular formula is C15H15N5O2S. The summed E-state index contributed by atoms with van der Waals surface area (Å²) < 4.78 is 5.07. The zero-order valence-corrected chi connectivity index (χ0v) is 13.5. The zero-order chi connectivity index (χ0) is 16.1. The lowest BCUT2D eigenvalue weighted by molar-refractivity contribution is 0.285. The Hall–Kier alpha value is -2.45. The van der Waals surface area contributed by atoms with Crippen molar-refractivity contribution in [1.29, 1.82) is 0 Å². The molecule has 0 radical (unpaired) electrons. The highest BCUT2D eigenvalue weighted by atomic mass is 32.1. The van der Waals surface area contributed by atoms with Crippen molar-refractivity contribution in [3.8, 4) is 0 Å². The first kappa shape index (κ1) is 14.2. The van der Waals surface area contributed by atoms with E-state index in [0.717, 1.165) is 26.5 Å². The minimum absolute atomic E-state index is 0.00253. The van der Waals surface area contributed by atoms with Gasteiger partial charge in [-0.05, 0) is 18.6 Å². The van der Waals surface area contributed by atoms with Crippen LogP contribution in [0.25, 0.3) is 15.7 Å². The van der Waals surface area contributed by atoms with E-state index in [9.17, 15) is 9.90 Å². The Morgan fingerprint density at radius 2 is 2.22 bits per heavy atom. The molecular weight excluding hydrogens is 314 g/mol. The van der Waals surface area contributed by atoms with Gasteiger partial charge in [-0.1, -0.05) is 0 Å². The molecule has 0 atom stereocenters. The number of aromatic nitrogens is 5. The highest BCUT2D eigenvalue weighted by Gasteiger charge is 2.17. The molecule has 0 aliphatic rings. The van der Waals surface area contributed by atoms with E-state index in [0.29, 0.717) is 11.9 Å². The number of hydrogen-bond donors (Lipinski definition) is 1. The van der Waals surface area contributed by atoms with Gasteiger partial charge in [0.25, 0.3) is 5.56 Å². The summed E-state index contributed by atoms with van der Waals surface area (Å²) in [6, 6.07) is 1.87. The maximum atomic E-state index is 12.8. The van der Waals surface area contributed by atoms with E-state index in [-0.39, 0.29) is 12.2 Å². The lowest BCUT2D eigenvalue weighted by Crippen LogP contribution is -2.23. The first-order valence-electron chi connectivity index (χ1n) is 7.17. The summed E-state index contributed by atoms with van der Waals surface area (Å²) in [5.74, 6) is 0. The standard InChI is InChI=1S/C15H15N5O2S/c1-9-13-12(19-7-11(8-21)23-15(9)19)5-16-20(14(13)22)6-10-3-4-18(2)17-10/h3-5,7,21H,6,8H2,1-2H3. The monoisotopic (exact) mass is 329 g/mol. The molecule has 1 N–H and O–H groups in total. The second kappa shape index (κ2) is 5.04. The van der Waals surface area contributed by atoms with E-state index >= 15 is 0 Å². The molecule has 8 heteroatoms. The van der Waals surface area contributed by atoms with Crippen LogP contribution in [0.2, 0.25) is 0 Å². The van der Waals surface area contributed by atoms with Crippen molar-refractivity contribution in [3.05, 3.63) is 51.1 Å². The van der Waals surface area contributed by atoms with Crippen LogP contribution in [-0.4, -0.2) is 29.1 Å². The highest BCUT2D eigenvalue weighted by Crippen LogP contribution is 2.29. The Kier molecular flexibility index (Phi) is 3.10. The Balaban J connectivity index is 1.91. The molecule has 4 aromatic rings. The van der Waals surface area contributed by atoms with Gasteiger partial charge in [0.1, 0.15) is 4.83 Å². The van der Waals surface area contributed by atoms with Gasteiger partial charge in [0.2, 0.25) is 0 Å². The molecule has 118 valence electrons. The fraction of sp³-hybridized carbons (Fsp3) is 0.267. The van der Waals surface area contributed by atoms with Crippen molar-refractivity contribution in [2.75, 3.05) is 0 Å². The molecule has 0 aliphatic heterocycles. The Morgan fingerprint density at radius 3 is 2.91 bits per heavy atom. The molecule has 0 saturated heterocycles. The molecule has 4 rings (SSSR count). The highest BCUT2D eigenvalue weighted by molar-refractivity contribution is 7.17. The van der Waals surface area contributed by atoms with Crippen molar-refractivity contribution in [1.82, 2.24) is 24.0 Å². The number of aliphatic hydroxyl groups excluding tert-OH is 1. The summed E-state index contributed by atoms with van der Waals surface area (Å²) in [5, 5.41) is 18.5. The van der Waals surface area contributed by atoms with Crippen molar-refractivity contribution in [2.45, 2.75) is 20.1 Å². The molecule has 0 spiro atoms. The first-order valence-corrected chi connectivity index (χ1v) is 7.98. The maximum absolute atomic E-state index is 12.8. The summed E-state index contributed by atoms with van der Waals surface area (Å²) in [6.45, 7) is 2.28. The van der Waals surface area contributed by atoms with E-state index in [1.807, 2.05) is 36.8 Å². The van der Waals surface area contributed by atoms with Gasteiger partial charge in [-0.3, -0.25) is 9.48 Å². The largest absolute Gasteiger partial charge is 0.391 e. The van der Waals surface area contributed by atoms with Gasteiger partial charge in [0.15, 0.2) is 0 Å². The van der Waals surface area contributed by atoms with Crippen LogP contribution in [0.15, 0.2) is 29.5 Å². The second-order valence-electron chi connectivity index (χ2n) is 5.50. The minimum Gasteiger partial charge on any atom is -0.391 e. The van der Waals surface area contributed by atoms with Crippen molar-refractivity contribution in [2.24, 2.45) is 7.05 Å². The Morgan fingerprint density at radius 1 is 1.39 bits per heavy atom. The van der Waals surface area contributed by atoms with E-state index in [1.54, 1.807) is 10.9 Å². The summed E-state index contributed by atoms with van der Waals surface area (Å²) >= 11 is 1.49. The number of thiazole rings is 1. The molecule has 0 fully saturated rings. The first-order chi connectivity index (χ1) is 11.1. The topological polar surface area (TPSA) is 77.4 Å². The van der Waals surface area contributed by atoms with Gasteiger partial charge in [-0.2, -0.15) is 10.2 Å². The Labute approximate surface area is 135 Å². The van der Waals surface area contributed by atoms with Crippen LogP contribution in [0.3, 0.4) is 0 Å². The number of nitrogens with zero attached hydrogens (tertiary/aromatic N) is 5. The average molecular weight is 329 g/mol. The van der Waals surface area contributed by atoms with E-state index in [1.165, 1.54) is 16.0 Å². The number of rotatable bonds is 3. The molecule has 7 nitrogen and oxygen atoms in total. The van der Waals surface area contributed by atoms with Crippen LogP contribution < -0.4 is 5.56 Å². The average Bonchev–Trinajstić information content (AvgIpc) is 3.19. The lowest BCUT2D eigenvalue weighted by atomic mass is 10.2. The molecule has 0 bridgehead atoms. The number of hydrogen-bond acceptors (Lipinski definition) is 5. The number of aryl methyl sites for hydroxylation is 2. The van der Waals surface area contributed by atoms with Crippen LogP contribution in [0.4, 0.5) is 0 Å².